The number of ether oxygens (including phenoxy) is 1. The standard InChI is InChI=1S/C15H18O4S/c1-3-18-14(16)15(2)6-10-4-12-8-19-20(17)9-13(12)5-11(10)7-15/h4-5H,3,6-9H2,1-2H3. The van der Waals surface area contributed by atoms with E-state index in [4.69, 9.17) is 8.92 Å². The predicted molar refractivity (Wildman–Crippen MR) is 75.2 cm³/mol. The highest BCUT2D eigenvalue weighted by Gasteiger charge is 2.41. The largest absolute Gasteiger partial charge is 0.466 e. The Balaban J connectivity index is 1.90. The topological polar surface area (TPSA) is 52.6 Å². The number of esters is 1. The molecule has 1 aliphatic heterocycles. The summed E-state index contributed by atoms with van der Waals surface area (Å²) in [6, 6.07) is 4.20. The Kier molecular flexibility index (Phi) is 3.42. The lowest BCUT2D eigenvalue weighted by Crippen LogP contribution is -2.30. The minimum atomic E-state index is -1.22. The lowest BCUT2D eigenvalue weighted by Gasteiger charge is -2.20. The molecule has 108 valence electrons. The Morgan fingerprint density at radius 2 is 1.95 bits per heavy atom. The molecule has 1 aromatic carbocycles. The molecule has 4 nitrogen and oxygen atoms in total. The molecular formula is C15H18O4S. The lowest BCUT2D eigenvalue weighted by atomic mass is 9.87. The van der Waals surface area contributed by atoms with Crippen LogP contribution in [-0.4, -0.2) is 16.8 Å². The van der Waals surface area contributed by atoms with Crippen molar-refractivity contribution in [1.29, 1.82) is 0 Å². The van der Waals surface area contributed by atoms with E-state index in [2.05, 4.69) is 12.1 Å². The van der Waals surface area contributed by atoms with Crippen molar-refractivity contribution in [3.63, 3.8) is 0 Å². The first-order valence-electron chi connectivity index (χ1n) is 6.84. The normalized spacial score (nSPS) is 27.8. The molecule has 0 amide bonds. The van der Waals surface area contributed by atoms with Crippen LogP contribution >= 0.6 is 0 Å². The summed E-state index contributed by atoms with van der Waals surface area (Å²) in [4.78, 5) is 12.1. The maximum atomic E-state index is 12.1. The summed E-state index contributed by atoms with van der Waals surface area (Å²) in [5.41, 5.74) is 4.08. The third-order valence-electron chi connectivity index (χ3n) is 4.07. The van der Waals surface area contributed by atoms with Gasteiger partial charge in [-0.25, -0.2) is 4.21 Å². The zero-order valence-electron chi connectivity index (χ0n) is 11.7. The van der Waals surface area contributed by atoms with E-state index in [1.165, 1.54) is 11.1 Å². The summed E-state index contributed by atoms with van der Waals surface area (Å²) in [6.45, 7) is 4.59. The van der Waals surface area contributed by atoms with Gasteiger partial charge in [0.2, 0.25) is 0 Å². The summed E-state index contributed by atoms with van der Waals surface area (Å²) >= 11 is -1.22. The van der Waals surface area contributed by atoms with Gasteiger partial charge in [0.25, 0.3) is 0 Å². The first-order valence-corrected chi connectivity index (χ1v) is 8.08. The van der Waals surface area contributed by atoms with Gasteiger partial charge >= 0.3 is 5.97 Å². The van der Waals surface area contributed by atoms with Gasteiger partial charge in [-0.05, 0) is 48.9 Å². The second kappa shape index (κ2) is 4.97. The second-order valence-electron chi connectivity index (χ2n) is 5.73. The molecule has 0 radical (unpaired) electrons. The molecule has 0 N–H and O–H groups in total. The molecule has 0 fully saturated rings. The molecule has 2 atom stereocenters. The molecule has 5 heteroatoms. The zero-order chi connectivity index (χ0) is 14.3. The van der Waals surface area contributed by atoms with Crippen molar-refractivity contribution in [1.82, 2.24) is 0 Å². The summed E-state index contributed by atoms with van der Waals surface area (Å²) in [7, 11) is 0. The van der Waals surface area contributed by atoms with Crippen LogP contribution in [0.4, 0.5) is 0 Å². The van der Waals surface area contributed by atoms with Crippen LogP contribution in [-0.2, 0) is 50.0 Å². The van der Waals surface area contributed by atoms with E-state index in [1.54, 1.807) is 0 Å². The molecule has 0 saturated heterocycles. The van der Waals surface area contributed by atoms with Crippen molar-refractivity contribution in [3.05, 3.63) is 34.4 Å². The van der Waals surface area contributed by atoms with Crippen molar-refractivity contribution in [3.8, 4) is 0 Å². The molecule has 2 unspecified atom stereocenters. The molecule has 1 aromatic rings. The van der Waals surface area contributed by atoms with Crippen molar-refractivity contribution >= 4 is 17.0 Å². The first-order chi connectivity index (χ1) is 9.51. The average Bonchev–Trinajstić information content (AvgIpc) is 2.73. The molecule has 0 saturated carbocycles. The van der Waals surface area contributed by atoms with Gasteiger partial charge in [0.1, 0.15) is 0 Å². The predicted octanol–water partition coefficient (Wildman–Crippen LogP) is 2.05. The van der Waals surface area contributed by atoms with Gasteiger partial charge in [0, 0.05) is 0 Å². The van der Waals surface area contributed by atoms with Crippen LogP contribution in [0.1, 0.15) is 36.1 Å². The van der Waals surface area contributed by atoms with Crippen LogP contribution in [0.3, 0.4) is 0 Å². The molecule has 20 heavy (non-hydrogen) atoms. The van der Waals surface area contributed by atoms with Gasteiger partial charge in [0.05, 0.1) is 24.4 Å². The molecular weight excluding hydrogens is 276 g/mol. The Labute approximate surface area is 121 Å². The summed E-state index contributed by atoms with van der Waals surface area (Å²) in [5.74, 6) is 0.313. The SMILES string of the molecule is CCOC(=O)C1(C)Cc2cc3c(cc2C1)CS(=O)OC3. The second-order valence-corrected chi connectivity index (χ2v) is 6.87. The Bertz CT molecular complexity index is 596. The monoisotopic (exact) mass is 294 g/mol. The number of carbonyl (C=O) groups is 1. The van der Waals surface area contributed by atoms with Gasteiger partial charge in [-0.15, -0.1) is 0 Å². The molecule has 1 heterocycles. The summed E-state index contributed by atoms with van der Waals surface area (Å²) < 4.78 is 21.8. The highest BCUT2D eigenvalue weighted by molar-refractivity contribution is 7.79. The lowest BCUT2D eigenvalue weighted by molar-refractivity contribution is -0.153. The van der Waals surface area contributed by atoms with Crippen LogP contribution in [0.2, 0.25) is 0 Å². The van der Waals surface area contributed by atoms with Crippen LogP contribution < -0.4 is 0 Å². The smallest absolute Gasteiger partial charge is 0.312 e. The Hall–Kier alpha value is -1.20. The number of benzene rings is 1. The highest BCUT2D eigenvalue weighted by Crippen LogP contribution is 2.40. The first kappa shape index (κ1) is 13.8. The van der Waals surface area contributed by atoms with Crippen molar-refractivity contribution in [2.45, 2.75) is 39.0 Å². The maximum absolute atomic E-state index is 12.1. The van der Waals surface area contributed by atoms with E-state index < -0.39 is 16.5 Å². The number of rotatable bonds is 2. The molecule has 3 rings (SSSR count). The maximum Gasteiger partial charge on any atom is 0.312 e. The number of fused-ring (bicyclic) bond motifs is 2. The highest BCUT2D eigenvalue weighted by atomic mass is 32.2. The van der Waals surface area contributed by atoms with E-state index in [0.29, 0.717) is 31.8 Å². The van der Waals surface area contributed by atoms with Crippen molar-refractivity contribution in [2.75, 3.05) is 6.61 Å². The zero-order valence-corrected chi connectivity index (χ0v) is 12.5. The van der Waals surface area contributed by atoms with Crippen LogP contribution in [0.15, 0.2) is 12.1 Å². The van der Waals surface area contributed by atoms with Gasteiger partial charge in [-0.3, -0.25) is 8.98 Å². The van der Waals surface area contributed by atoms with Crippen LogP contribution in [0.5, 0.6) is 0 Å². The van der Waals surface area contributed by atoms with E-state index in [0.717, 1.165) is 11.1 Å². The Morgan fingerprint density at radius 1 is 1.30 bits per heavy atom. The minimum absolute atomic E-state index is 0.131. The summed E-state index contributed by atoms with van der Waals surface area (Å²) in [5, 5.41) is 0. The van der Waals surface area contributed by atoms with E-state index in [-0.39, 0.29) is 5.97 Å². The van der Waals surface area contributed by atoms with Gasteiger partial charge < -0.3 is 4.74 Å². The van der Waals surface area contributed by atoms with Crippen molar-refractivity contribution < 1.29 is 17.9 Å². The van der Waals surface area contributed by atoms with Gasteiger partial charge in [-0.1, -0.05) is 12.1 Å². The molecule has 0 bridgehead atoms. The fraction of sp³-hybridized carbons (Fsp3) is 0.533. The van der Waals surface area contributed by atoms with Gasteiger partial charge in [-0.2, -0.15) is 0 Å². The van der Waals surface area contributed by atoms with Crippen LogP contribution in [0.25, 0.3) is 0 Å². The fourth-order valence-electron chi connectivity index (χ4n) is 3.04. The third kappa shape index (κ3) is 2.29. The number of hydrogen-bond donors (Lipinski definition) is 0. The van der Waals surface area contributed by atoms with Crippen LogP contribution in [0, 0.1) is 5.41 Å². The number of carbonyl (C=O) groups excluding carboxylic acids is 1. The van der Waals surface area contributed by atoms with Crippen molar-refractivity contribution in [2.24, 2.45) is 5.41 Å². The quantitative estimate of drug-likeness (QED) is 0.783. The molecule has 2 aliphatic rings. The molecule has 0 aromatic heterocycles. The number of hydrogen-bond acceptors (Lipinski definition) is 4. The fourth-order valence-corrected chi connectivity index (χ4v) is 3.90. The molecule has 1 aliphatic carbocycles. The Morgan fingerprint density at radius 3 is 2.60 bits per heavy atom. The van der Waals surface area contributed by atoms with E-state index >= 15 is 0 Å². The van der Waals surface area contributed by atoms with E-state index in [1.807, 2.05) is 13.8 Å². The third-order valence-corrected chi connectivity index (χ3v) is 5.00. The van der Waals surface area contributed by atoms with E-state index in [9.17, 15) is 9.00 Å². The van der Waals surface area contributed by atoms with Gasteiger partial charge in [0.15, 0.2) is 11.1 Å². The minimum Gasteiger partial charge on any atom is -0.466 e. The average molecular weight is 294 g/mol. The molecule has 0 spiro atoms. The summed E-state index contributed by atoms with van der Waals surface area (Å²) in [6.07, 6.45) is 1.40.